The molecule has 2 rings (SSSR count). The summed E-state index contributed by atoms with van der Waals surface area (Å²) in [6.45, 7) is 16.6. The minimum absolute atomic E-state index is 0.0933. The highest BCUT2D eigenvalue weighted by Gasteiger charge is 2.54. The van der Waals surface area contributed by atoms with Crippen molar-refractivity contribution < 1.29 is 9.90 Å². The highest BCUT2D eigenvalue weighted by molar-refractivity contribution is 5.95. The van der Waals surface area contributed by atoms with Gasteiger partial charge < -0.3 is 5.11 Å². The summed E-state index contributed by atoms with van der Waals surface area (Å²) in [4.78, 5) is 12.9. The van der Waals surface area contributed by atoms with Crippen LogP contribution in [0.5, 0.6) is 0 Å². The molecule has 0 aromatic rings. The van der Waals surface area contributed by atoms with Crippen molar-refractivity contribution in [1.82, 2.24) is 0 Å². The van der Waals surface area contributed by atoms with Gasteiger partial charge in [0, 0.05) is 10.8 Å². The Morgan fingerprint density at radius 2 is 1.23 bits per heavy atom. The van der Waals surface area contributed by atoms with Crippen molar-refractivity contribution >= 4 is 5.78 Å². The predicted molar refractivity (Wildman–Crippen MR) is 174 cm³/mol. The van der Waals surface area contributed by atoms with Crippen LogP contribution < -0.4 is 0 Å². The van der Waals surface area contributed by atoms with Crippen LogP contribution in [0.1, 0.15) is 93.9 Å². The Balaban J connectivity index is 1.85. The summed E-state index contributed by atoms with van der Waals surface area (Å²) in [7, 11) is 0. The highest BCUT2D eigenvalue weighted by atomic mass is 16.3. The molecule has 0 amide bonds. The number of ketones is 1. The summed E-state index contributed by atoms with van der Waals surface area (Å²) in [5.74, 6) is 0.0933. The second-order valence-corrected chi connectivity index (χ2v) is 12.4. The van der Waals surface area contributed by atoms with Crippen molar-refractivity contribution in [2.24, 2.45) is 10.8 Å². The van der Waals surface area contributed by atoms with Crippen LogP contribution in [-0.4, -0.2) is 17.0 Å². The molecule has 2 nitrogen and oxygen atoms in total. The summed E-state index contributed by atoms with van der Waals surface area (Å²) in [5, 5.41) is 10.3. The normalized spacial score (nSPS) is 25.7. The standard InChI is InChI=1S/C38H52O2/c1-29(17-13-19-31(3)23-25-34-22-12-11-21-33(34)5)15-9-10-16-30(2)18-14-20-32(4)24-26-36(40)38(8)28-27-35(39)37(38,6)7/h9-10,13-20,23-26,35,39H,11-12,21-22,27-28H2,1-8H3/t35?,38-/m0/s1. The SMILES string of the molecule is CC(C=CC=C(C)C=CC(=O)[C@]1(C)CCC(O)C1(C)C)=CC=CC=C(C)C=CC=C(C)C=CC1=C(C)CCCC1. The molecule has 2 aliphatic rings. The molecule has 0 heterocycles. The average Bonchev–Trinajstić information content (AvgIpc) is 3.12. The van der Waals surface area contributed by atoms with Crippen LogP contribution in [0, 0.1) is 10.8 Å². The topological polar surface area (TPSA) is 37.3 Å². The molecule has 0 bridgehead atoms. The number of aliphatic hydroxyl groups excluding tert-OH is 1. The van der Waals surface area contributed by atoms with Gasteiger partial charge in [0.25, 0.3) is 0 Å². The van der Waals surface area contributed by atoms with Gasteiger partial charge in [-0.15, -0.1) is 0 Å². The number of hydrogen-bond donors (Lipinski definition) is 1. The molecule has 216 valence electrons. The quantitative estimate of drug-likeness (QED) is 0.209. The Kier molecular flexibility index (Phi) is 13.1. The fraction of sp³-hybridized carbons (Fsp3) is 0.447. The number of hydrogen-bond acceptors (Lipinski definition) is 2. The van der Waals surface area contributed by atoms with E-state index in [9.17, 15) is 9.90 Å². The van der Waals surface area contributed by atoms with Crippen molar-refractivity contribution in [3.05, 3.63) is 119 Å². The zero-order valence-electron chi connectivity index (χ0n) is 26.3. The zero-order chi connectivity index (χ0) is 29.8. The van der Waals surface area contributed by atoms with Gasteiger partial charge in [0.1, 0.15) is 0 Å². The largest absolute Gasteiger partial charge is 0.393 e. The van der Waals surface area contributed by atoms with E-state index in [1.54, 1.807) is 11.6 Å². The summed E-state index contributed by atoms with van der Waals surface area (Å²) in [5.41, 5.74) is 6.73. The molecule has 0 aromatic heterocycles. The van der Waals surface area contributed by atoms with E-state index in [2.05, 4.69) is 88.5 Å². The number of carbonyl (C=O) groups is 1. The Bertz CT molecular complexity index is 1200. The second-order valence-electron chi connectivity index (χ2n) is 12.4. The lowest BCUT2D eigenvalue weighted by Crippen LogP contribution is -2.41. The third kappa shape index (κ3) is 9.89. The van der Waals surface area contributed by atoms with E-state index >= 15 is 0 Å². The molecule has 2 aliphatic carbocycles. The van der Waals surface area contributed by atoms with E-state index in [0.717, 1.165) is 17.6 Å². The maximum absolute atomic E-state index is 12.9. The van der Waals surface area contributed by atoms with Gasteiger partial charge in [-0.3, -0.25) is 4.79 Å². The molecule has 2 atom stereocenters. The molecule has 0 radical (unpaired) electrons. The zero-order valence-corrected chi connectivity index (χ0v) is 26.3. The van der Waals surface area contributed by atoms with E-state index < -0.39 is 16.9 Å². The van der Waals surface area contributed by atoms with Gasteiger partial charge >= 0.3 is 0 Å². The van der Waals surface area contributed by atoms with Gasteiger partial charge in [-0.25, -0.2) is 0 Å². The Labute approximate surface area is 244 Å². The van der Waals surface area contributed by atoms with Crippen molar-refractivity contribution in [2.75, 3.05) is 0 Å². The number of rotatable bonds is 11. The van der Waals surface area contributed by atoms with Gasteiger partial charge in [-0.1, -0.05) is 128 Å². The first kappa shape index (κ1) is 33.2. The first-order chi connectivity index (χ1) is 18.9. The molecular weight excluding hydrogens is 488 g/mol. The van der Waals surface area contributed by atoms with E-state index in [-0.39, 0.29) is 5.78 Å². The molecule has 1 saturated carbocycles. The van der Waals surface area contributed by atoms with Gasteiger partial charge in [-0.2, -0.15) is 0 Å². The molecule has 0 aliphatic heterocycles. The lowest BCUT2D eigenvalue weighted by molar-refractivity contribution is -0.130. The monoisotopic (exact) mass is 540 g/mol. The van der Waals surface area contributed by atoms with Gasteiger partial charge in [0.15, 0.2) is 5.78 Å². The molecule has 40 heavy (non-hydrogen) atoms. The van der Waals surface area contributed by atoms with Gasteiger partial charge in [0.2, 0.25) is 0 Å². The second kappa shape index (κ2) is 15.7. The number of aliphatic hydroxyl groups is 1. The van der Waals surface area contributed by atoms with Gasteiger partial charge in [0.05, 0.1) is 6.10 Å². The first-order valence-electron chi connectivity index (χ1n) is 14.9. The van der Waals surface area contributed by atoms with E-state index in [1.165, 1.54) is 42.4 Å². The summed E-state index contributed by atoms with van der Waals surface area (Å²) in [6, 6.07) is 0. The van der Waals surface area contributed by atoms with Crippen LogP contribution in [0.25, 0.3) is 0 Å². The fourth-order valence-corrected chi connectivity index (χ4v) is 5.19. The van der Waals surface area contributed by atoms with Crippen molar-refractivity contribution in [2.45, 2.75) is 100 Å². The van der Waals surface area contributed by atoms with Crippen LogP contribution in [0.15, 0.2) is 119 Å². The third-order valence-corrected chi connectivity index (χ3v) is 8.82. The summed E-state index contributed by atoms with van der Waals surface area (Å²) in [6.07, 6.45) is 34.9. The smallest absolute Gasteiger partial charge is 0.162 e. The molecule has 1 fully saturated rings. The summed E-state index contributed by atoms with van der Waals surface area (Å²) < 4.78 is 0. The number of allylic oxidation sites excluding steroid dienone is 20. The van der Waals surface area contributed by atoms with Crippen LogP contribution >= 0.6 is 0 Å². The van der Waals surface area contributed by atoms with E-state index in [4.69, 9.17) is 0 Å². The first-order valence-corrected chi connectivity index (χ1v) is 14.9. The molecular formula is C38H52O2. The van der Waals surface area contributed by atoms with Crippen LogP contribution in [0.2, 0.25) is 0 Å². The minimum Gasteiger partial charge on any atom is -0.393 e. The molecule has 0 saturated heterocycles. The third-order valence-electron chi connectivity index (χ3n) is 8.82. The Morgan fingerprint density at radius 1 is 0.725 bits per heavy atom. The van der Waals surface area contributed by atoms with Crippen LogP contribution in [0.3, 0.4) is 0 Å². The highest BCUT2D eigenvalue weighted by Crippen LogP contribution is 2.53. The lowest BCUT2D eigenvalue weighted by Gasteiger charge is -2.38. The number of carbonyl (C=O) groups excluding carboxylic acids is 1. The predicted octanol–water partition coefficient (Wildman–Crippen LogP) is 10.2. The molecule has 0 spiro atoms. The average molecular weight is 541 g/mol. The van der Waals surface area contributed by atoms with Gasteiger partial charge in [-0.05, 0) is 84.8 Å². The fourth-order valence-electron chi connectivity index (χ4n) is 5.19. The van der Waals surface area contributed by atoms with Crippen molar-refractivity contribution in [3.8, 4) is 0 Å². The Hall–Kier alpha value is -2.97. The van der Waals surface area contributed by atoms with E-state index in [0.29, 0.717) is 6.42 Å². The van der Waals surface area contributed by atoms with Crippen LogP contribution in [0.4, 0.5) is 0 Å². The minimum atomic E-state index is -0.522. The summed E-state index contributed by atoms with van der Waals surface area (Å²) >= 11 is 0. The molecule has 1 N–H and O–H groups in total. The van der Waals surface area contributed by atoms with Crippen molar-refractivity contribution in [1.29, 1.82) is 0 Å². The van der Waals surface area contributed by atoms with Crippen LogP contribution in [-0.2, 0) is 4.79 Å². The molecule has 0 aromatic carbocycles. The van der Waals surface area contributed by atoms with E-state index in [1.807, 2.05) is 45.9 Å². The molecule has 2 heteroatoms. The maximum atomic E-state index is 12.9. The maximum Gasteiger partial charge on any atom is 0.162 e. The van der Waals surface area contributed by atoms with Crippen molar-refractivity contribution in [3.63, 3.8) is 0 Å². The Morgan fingerprint density at radius 3 is 1.75 bits per heavy atom. The molecule has 1 unspecified atom stereocenters. The lowest BCUT2D eigenvalue weighted by atomic mass is 9.66.